The molecule has 3 fully saturated rings. The van der Waals surface area contributed by atoms with Crippen molar-refractivity contribution < 1.29 is 19.1 Å². The maximum absolute atomic E-state index is 12.7. The zero-order chi connectivity index (χ0) is 25.7. The van der Waals surface area contributed by atoms with E-state index in [9.17, 15) is 9.59 Å². The van der Waals surface area contributed by atoms with Crippen molar-refractivity contribution in [3.63, 3.8) is 0 Å². The summed E-state index contributed by atoms with van der Waals surface area (Å²) < 4.78 is 11.6. The molecule has 8 atom stereocenters. The van der Waals surface area contributed by atoms with E-state index < -0.39 is 6.16 Å². The highest BCUT2D eigenvalue weighted by Crippen LogP contribution is 2.65. The molecule has 0 unspecified atom stereocenters. The monoisotopic (exact) mass is 500 g/mol. The Kier molecular flexibility index (Phi) is 9.61. The van der Waals surface area contributed by atoms with Crippen LogP contribution in [0.25, 0.3) is 0 Å². The first-order valence-corrected chi connectivity index (χ1v) is 15.5. The van der Waals surface area contributed by atoms with Crippen LogP contribution < -0.4 is 0 Å². The van der Waals surface area contributed by atoms with E-state index >= 15 is 0 Å². The molecule has 4 nitrogen and oxygen atoms in total. The molecule has 4 heteroatoms. The third-order valence-corrected chi connectivity index (χ3v) is 10.7. The van der Waals surface area contributed by atoms with Crippen molar-refractivity contribution in [3.05, 3.63) is 11.6 Å². The Bertz CT molecular complexity index is 787. The maximum atomic E-state index is 12.7. The Labute approximate surface area is 220 Å². The van der Waals surface area contributed by atoms with Crippen LogP contribution in [0, 0.1) is 40.9 Å². The molecule has 4 rings (SSSR count). The fourth-order valence-corrected chi connectivity index (χ4v) is 8.98. The Morgan fingerprint density at radius 1 is 1.00 bits per heavy atom. The number of carbonyl (C=O) groups is 2. The molecule has 0 aromatic carbocycles. The van der Waals surface area contributed by atoms with Crippen LogP contribution in [0.1, 0.15) is 124 Å². The Morgan fingerprint density at radius 2 is 1.72 bits per heavy atom. The van der Waals surface area contributed by atoms with Gasteiger partial charge < -0.3 is 9.47 Å². The van der Waals surface area contributed by atoms with E-state index in [0.717, 1.165) is 51.4 Å². The number of ether oxygens (including phenoxy) is 2. The molecule has 0 spiro atoms. The van der Waals surface area contributed by atoms with Gasteiger partial charge in [-0.15, -0.1) is 0 Å². The van der Waals surface area contributed by atoms with Crippen LogP contribution in [0.5, 0.6) is 0 Å². The number of ketones is 1. The highest BCUT2D eigenvalue weighted by atomic mass is 16.7. The lowest BCUT2D eigenvalue weighted by molar-refractivity contribution is -0.120. The molecule has 4 aliphatic carbocycles. The highest BCUT2D eigenvalue weighted by Gasteiger charge is 2.61. The van der Waals surface area contributed by atoms with E-state index in [4.69, 9.17) is 9.47 Å². The zero-order valence-electron chi connectivity index (χ0n) is 23.6. The smallest absolute Gasteiger partial charge is 0.434 e. The molecular weight excluding hydrogens is 448 g/mol. The predicted octanol–water partition coefficient (Wildman–Crippen LogP) is 8.67. The van der Waals surface area contributed by atoms with Gasteiger partial charge in [-0.05, 0) is 80.1 Å². The topological polar surface area (TPSA) is 52.6 Å². The second-order valence-electron chi connectivity index (χ2n) is 12.9. The van der Waals surface area contributed by atoms with Crippen LogP contribution in [0.2, 0.25) is 0 Å². The quantitative estimate of drug-likeness (QED) is 0.210. The van der Waals surface area contributed by atoms with Crippen molar-refractivity contribution in [1.29, 1.82) is 0 Å². The van der Waals surface area contributed by atoms with Gasteiger partial charge in [-0.25, -0.2) is 4.79 Å². The van der Waals surface area contributed by atoms with Crippen molar-refractivity contribution in [2.75, 3.05) is 6.61 Å². The van der Waals surface area contributed by atoms with Gasteiger partial charge in [0.25, 0.3) is 0 Å². The number of carbonyl (C=O) groups excluding carboxylic acids is 2. The molecule has 0 saturated heterocycles. The van der Waals surface area contributed by atoms with Gasteiger partial charge in [0.05, 0.1) is 6.61 Å². The first-order valence-electron chi connectivity index (χ1n) is 15.5. The van der Waals surface area contributed by atoms with Crippen molar-refractivity contribution in [1.82, 2.24) is 0 Å². The number of allylic oxidation sites excluding steroid dienone is 1. The van der Waals surface area contributed by atoms with Crippen LogP contribution in [0.4, 0.5) is 4.79 Å². The summed E-state index contributed by atoms with van der Waals surface area (Å²) in [6, 6.07) is 0. The molecule has 204 valence electrons. The van der Waals surface area contributed by atoms with Crippen LogP contribution >= 0.6 is 0 Å². The Hall–Kier alpha value is -1.32. The van der Waals surface area contributed by atoms with E-state index in [1.807, 2.05) is 6.08 Å². The average Bonchev–Trinajstić information content (AvgIpc) is 3.17. The summed E-state index contributed by atoms with van der Waals surface area (Å²) in [6.07, 6.45) is 18.7. The number of fused-ring (bicyclic) bond motifs is 5. The summed E-state index contributed by atoms with van der Waals surface area (Å²) in [4.78, 5) is 24.8. The lowest BCUT2D eigenvalue weighted by Crippen LogP contribution is -2.54. The third-order valence-electron chi connectivity index (χ3n) is 10.7. The molecule has 4 aliphatic rings. The van der Waals surface area contributed by atoms with Crippen LogP contribution in [-0.2, 0) is 14.3 Å². The standard InChI is InChI=1S/C32H52O4/c1-5-7-8-9-10-11-12-13-18-35-31(34)36-28-17-16-27-29-22(3)19-24-20-25(33)14-15-26(24)30(29)23(6-2)21-32(27,28)4/h20,22-23,26-30H,5-19,21H2,1-4H3/t22-,23+,26+,27+,28+,29+,30-,32+/m1/s1. The molecule has 0 heterocycles. The van der Waals surface area contributed by atoms with Crippen molar-refractivity contribution in [2.24, 2.45) is 40.9 Å². The van der Waals surface area contributed by atoms with Gasteiger partial charge in [0.2, 0.25) is 0 Å². The van der Waals surface area contributed by atoms with Gasteiger partial charge in [-0.3, -0.25) is 4.79 Å². The van der Waals surface area contributed by atoms with Gasteiger partial charge in [-0.2, -0.15) is 0 Å². The minimum absolute atomic E-state index is 0.0272. The van der Waals surface area contributed by atoms with Crippen LogP contribution in [0.3, 0.4) is 0 Å². The number of hydrogen-bond donors (Lipinski definition) is 0. The Morgan fingerprint density at radius 3 is 2.44 bits per heavy atom. The Balaban J connectivity index is 1.31. The molecule has 0 aliphatic heterocycles. The maximum Gasteiger partial charge on any atom is 0.508 e. The van der Waals surface area contributed by atoms with Gasteiger partial charge in [0.1, 0.15) is 6.10 Å². The third kappa shape index (κ3) is 5.88. The first-order chi connectivity index (χ1) is 17.4. The summed E-state index contributed by atoms with van der Waals surface area (Å²) in [5, 5.41) is 0. The number of hydrogen-bond acceptors (Lipinski definition) is 4. The fourth-order valence-electron chi connectivity index (χ4n) is 8.98. The summed E-state index contributed by atoms with van der Waals surface area (Å²) in [7, 11) is 0. The first kappa shape index (κ1) is 27.7. The van der Waals surface area contributed by atoms with Gasteiger partial charge >= 0.3 is 6.16 Å². The molecule has 3 saturated carbocycles. The average molecular weight is 501 g/mol. The predicted molar refractivity (Wildman–Crippen MR) is 145 cm³/mol. The van der Waals surface area contributed by atoms with E-state index in [1.54, 1.807) is 0 Å². The molecular formula is C32H52O4. The minimum Gasteiger partial charge on any atom is -0.434 e. The molecule has 0 aromatic rings. The summed E-state index contributed by atoms with van der Waals surface area (Å²) in [5.41, 5.74) is 1.48. The summed E-state index contributed by atoms with van der Waals surface area (Å²) in [6.45, 7) is 9.89. The van der Waals surface area contributed by atoms with E-state index in [2.05, 4.69) is 27.7 Å². The molecule has 0 aromatic heterocycles. The SMILES string of the molecule is CCCCCCCCCCOC(=O)O[C@H]1CC[C@H]2[C@H]3[C@H]([C@@H](CC)C[C@]12C)[C@H]1CCC(=O)C=C1C[C@H]3C. The van der Waals surface area contributed by atoms with E-state index in [1.165, 1.54) is 50.5 Å². The lowest BCUT2D eigenvalue weighted by atomic mass is 9.46. The van der Waals surface area contributed by atoms with Gasteiger partial charge in [0.15, 0.2) is 5.78 Å². The van der Waals surface area contributed by atoms with Crippen molar-refractivity contribution in [2.45, 2.75) is 130 Å². The second kappa shape index (κ2) is 12.5. The number of unbranched alkanes of at least 4 members (excludes halogenated alkanes) is 7. The highest BCUT2D eigenvalue weighted by molar-refractivity contribution is 5.91. The van der Waals surface area contributed by atoms with E-state index in [-0.39, 0.29) is 11.5 Å². The largest absolute Gasteiger partial charge is 0.508 e. The minimum atomic E-state index is -0.451. The number of rotatable bonds is 11. The van der Waals surface area contributed by atoms with Crippen molar-refractivity contribution >= 4 is 11.9 Å². The van der Waals surface area contributed by atoms with Crippen LogP contribution in [-0.4, -0.2) is 24.6 Å². The molecule has 0 bridgehead atoms. The molecule has 0 amide bonds. The molecule has 0 N–H and O–H groups in total. The summed E-state index contributed by atoms with van der Waals surface area (Å²) in [5.74, 6) is 4.11. The summed E-state index contributed by atoms with van der Waals surface area (Å²) >= 11 is 0. The van der Waals surface area contributed by atoms with Gasteiger partial charge in [-0.1, -0.05) is 84.6 Å². The fraction of sp³-hybridized carbons (Fsp3) is 0.875. The molecule has 36 heavy (non-hydrogen) atoms. The van der Waals surface area contributed by atoms with Crippen LogP contribution in [0.15, 0.2) is 11.6 Å². The molecule has 0 radical (unpaired) electrons. The normalized spacial score (nSPS) is 37.5. The lowest BCUT2D eigenvalue weighted by Gasteiger charge is -2.59. The van der Waals surface area contributed by atoms with E-state index in [0.29, 0.717) is 47.9 Å². The second-order valence-corrected chi connectivity index (χ2v) is 12.9. The van der Waals surface area contributed by atoms with Crippen molar-refractivity contribution in [3.8, 4) is 0 Å². The van der Waals surface area contributed by atoms with Gasteiger partial charge in [0, 0.05) is 11.8 Å². The zero-order valence-corrected chi connectivity index (χ0v) is 23.6.